The SMILES string of the molecule is CC(C)CC(C(=O)N1CCCC(C(=O)O)(C(F)(F)F)C1)c1ccc(Cl)cc1. The maximum atomic E-state index is 13.5. The number of hydrogen-bond acceptors (Lipinski definition) is 2. The van der Waals surface area contributed by atoms with Gasteiger partial charge >= 0.3 is 12.1 Å². The maximum Gasteiger partial charge on any atom is 0.406 e. The molecule has 0 aromatic heterocycles. The van der Waals surface area contributed by atoms with Crippen LogP contribution in [-0.2, 0) is 9.59 Å². The van der Waals surface area contributed by atoms with Crippen molar-refractivity contribution in [1.29, 1.82) is 0 Å². The Hall–Kier alpha value is -1.76. The van der Waals surface area contributed by atoms with E-state index in [0.29, 0.717) is 17.0 Å². The molecule has 1 aliphatic heterocycles. The third-order valence-corrected chi connectivity index (χ3v) is 5.29. The molecule has 150 valence electrons. The van der Waals surface area contributed by atoms with Crippen molar-refractivity contribution in [3.63, 3.8) is 0 Å². The van der Waals surface area contributed by atoms with Crippen LogP contribution in [0, 0.1) is 11.3 Å². The predicted octanol–water partition coefficient (Wildman–Crippen LogP) is 4.73. The highest BCUT2D eigenvalue weighted by Crippen LogP contribution is 2.46. The topological polar surface area (TPSA) is 57.6 Å². The number of piperidine rings is 1. The number of nitrogens with zero attached hydrogens (tertiary/aromatic N) is 1. The minimum Gasteiger partial charge on any atom is -0.481 e. The maximum absolute atomic E-state index is 13.5. The third kappa shape index (κ3) is 4.57. The zero-order valence-corrected chi connectivity index (χ0v) is 16.0. The van der Waals surface area contributed by atoms with Gasteiger partial charge in [0.2, 0.25) is 5.91 Å². The number of aliphatic carboxylic acids is 1. The van der Waals surface area contributed by atoms with Gasteiger partial charge in [-0.05, 0) is 42.9 Å². The number of hydrogen-bond donors (Lipinski definition) is 1. The van der Waals surface area contributed by atoms with Gasteiger partial charge in [0.1, 0.15) is 0 Å². The van der Waals surface area contributed by atoms with Gasteiger partial charge in [-0.2, -0.15) is 13.2 Å². The molecule has 1 aliphatic rings. The molecule has 1 heterocycles. The molecule has 0 bridgehead atoms. The minimum absolute atomic E-state index is 0.00737. The summed E-state index contributed by atoms with van der Waals surface area (Å²) >= 11 is 5.89. The van der Waals surface area contributed by atoms with Crippen LogP contribution in [0.1, 0.15) is 44.6 Å². The van der Waals surface area contributed by atoms with E-state index in [1.165, 1.54) is 0 Å². The molecule has 2 atom stereocenters. The number of likely N-dealkylation sites (tertiary alicyclic amines) is 1. The summed E-state index contributed by atoms with van der Waals surface area (Å²) < 4.78 is 40.6. The number of carbonyl (C=O) groups excluding carboxylic acids is 1. The Morgan fingerprint density at radius 3 is 2.33 bits per heavy atom. The molecule has 2 rings (SSSR count). The first kappa shape index (κ1) is 21.5. The first-order valence-corrected chi connectivity index (χ1v) is 9.20. The summed E-state index contributed by atoms with van der Waals surface area (Å²) in [4.78, 5) is 25.6. The van der Waals surface area contributed by atoms with E-state index in [9.17, 15) is 27.9 Å². The highest BCUT2D eigenvalue weighted by atomic mass is 35.5. The summed E-state index contributed by atoms with van der Waals surface area (Å²) in [7, 11) is 0. The van der Waals surface area contributed by atoms with Crippen LogP contribution in [0.25, 0.3) is 0 Å². The Morgan fingerprint density at radius 2 is 1.85 bits per heavy atom. The Labute approximate surface area is 161 Å². The summed E-state index contributed by atoms with van der Waals surface area (Å²) in [6, 6.07) is 6.63. The van der Waals surface area contributed by atoms with E-state index in [0.717, 1.165) is 4.90 Å². The van der Waals surface area contributed by atoms with Crippen molar-refractivity contribution in [3.8, 4) is 0 Å². The molecule has 1 aromatic carbocycles. The molecule has 4 nitrogen and oxygen atoms in total. The molecular weight excluding hydrogens is 383 g/mol. The average Bonchev–Trinajstić information content (AvgIpc) is 2.58. The summed E-state index contributed by atoms with van der Waals surface area (Å²) in [5.74, 6) is -2.91. The Balaban J connectivity index is 2.34. The molecule has 8 heteroatoms. The second-order valence-corrected chi connectivity index (χ2v) is 7.92. The van der Waals surface area contributed by atoms with Crippen molar-refractivity contribution in [3.05, 3.63) is 34.9 Å². The zero-order chi connectivity index (χ0) is 20.4. The molecular formula is C19H23ClF3NO3. The first-order valence-electron chi connectivity index (χ1n) is 8.82. The van der Waals surface area contributed by atoms with E-state index < -0.39 is 42.4 Å². The smallest absolute Gasteiger partial charge is 0.406 e. The standard InChI is InChI=1S/C19H23ClF3NO3/c1-12(2)10-15(13-4-6-14(20)7-5-13)16(25)24-9-3-8-18(11-24,17(26)27)19(21,22)23/h4-7,12,15H,3,8-11H2,1-2H3,(H,26,27). The van der Waals surface area contributed by atoms with E-state index in [4.69, 9.17) is 11.6 Å². The molecule has 0 aliphatic carbocycles. The lowest BCUT2D eigenvalue weighted by Crippen LogP contribution is -2.57. The number of carboxylic acid groups (broad SMARTS) is 1. The van der Waals surface area contributed by atoms with Crippen LogP contribution in [0.3, 0.4) is 0 Å². The first-order chi connectivity index (χ1) is 12.5. The highest BCUT2D eigenvalue weighted by Gasteiger charge is 2.62. The van der Waals surface area contributed by atoms with Crippen LogP contribution in [0.5, 0.6) is 0 Å². The lowest BCUT2D eigenvalue weighted by molar-refractivity contribution is -0.242. The number of carbonyl (C=O) groups is 2. The average molecular weight is 406 g/mol. The van der Waals surface area contributed by atoms with Gasteiger partial charge in [-0.15, -0.1) is 0 Å². The van der Waals surface area contributed by atoms with Gasteiger partial charge in [0, 0.05) is 18.1 Å². The third-order valence-electron chi connectivity index (χ3n) is 5.03. The Kier molecular flexibility index (Phi) is 6.45. The Bertz CT molecular complexity index is 690. The van der Waals surface area contributed by atoms with Gasteiger partial charge in [-0.25, -0.2) is 0 Å². The fourth-order valence-electron chi connectivity index (χ4n) is 3.54. The second-order valence-electron chi connectivity index (χ2n) is 7.48. The van der Waals surface area contributed by atoms with Gasteiger partial charge in [-0.1, -0.05) is 37.6 Å². The van der Waals surface area contributed by atoms with Crippen LogP contribution in [-0.4, -0.2) is 41.1 Å². The summed E-state index contributed by atoms with van der Waals surface area (Å²) in [6.45, 7) is 3.10. The molecule has 1 fully saturated rings. The monoisotopic (exact) mass is 405 g/mol. The largest absolute Gasteiger partial charge is 0.481 e. The molecule has 0 saturated carbocycles. The zero-order valence-electron chi connectivity index (χ0n) is 15.2. The van der Waals surface area contributed by atoms with E-state index in [1.807, 2.05) is 13.8 Å². The van der Waals surface area contributed by atoms with Gasteiger partial charge < -0.3 is 10.0 Å². The lowest BCUT2D eigenvalue weighted by Gasteiger charge is -2.42. The number of amides is 1. The quantitative estimate of drug-likeness (QED) is 0.770. The molecule has 2 unspecified atom stereocenters. The van der Waals surface area contributed by atoms with Crippen LogP contribution < -0.4 is 0 Å². The minimum atomic E-state index is -4.92. The molecule has 0 radical (unpaired) electrons. The van der Waals surface area contributed by atoms with Crippen LogP contribution in [0.15, 0.2) is 24.3 Å². The lowest BCUT2D eigenvalue weighted by atomic mass is 9.78. The normalized spacial score (nSPS) is 22.0. The van der Waals surface area contributed by atoms with Gasteiger partial charge in [0.25, 0.3) is 0 Å². The molecule has 1 aromatic rings. The summed E-state index contributed by atoms with van der Waals surface area (Å²) in [6.07, 6.45) is -5.01. The fraction of sp³-hybridized carbons (Fsp3) is 0.579. The fourth-order valence-corrected chi connectivity index (χ4v) is 3.66. The number of carboxylic acids is 1. The van der Waals surface area contributed by atoms with Crippen LogP contribution in [0.2, 0.25) is 5.02 Å². The van der Waals surface area contributed by atoms with E-state index in [1.54, 1.807) is 24.3 Å². The molecule has 1 saturated heterocycles. The number of halogens is 4. The number of rotatable bonds is 5. The molecule has 27 heavy (non-hydrogen) atoms. The van der Waals surface area contributed by atoms with Gasteiger partial charge in [0.15, 0.2) is 5.41 Å². The van der Waals surface area contributed by atoms with Crippen LogP contribution in [0.4, 0.5) is 13.2 Å². The molecule has 0 spiro atoms. The van der Waals surface area contributed by atoms with Crippen molar-refractivity contribution >= 4 is 23.5 Å². The summed E-state index contributed by atoms with van der Waals surface area (Å²) in [5.41, 5.74) is -2.25. The van der Waals surface area contributed by atoms with Crippen LogP contribution >= 0.6 is 11.6 Å². The summed E-state index contributed by atoms with van der Waals surface area (Å²) in [5, 5.41) is 9.78. The van der Waals surface area contributed by atoms with Gasteiger partial charge in [-0.3, -0.25) is 9.59 Å². The second kappa shape index (κ2) is 8.09. The van der Waals surface area contributed by atoms with Gasteiger partial charge in [0.05, 0.1) is 5.92 Å². The van der Waals surface area contributed by atoms with Crippen molar-refractivity contribution in [2.45, 2.75) is 45.2 Å². The molecule has 1 N–H and O–H groups in total. The number of alkyl halides is 3. The van der Waals surface area contributed by atoms with Crippen molar-refractivity contribution in [1.82, 2.24) is 4.90 Å². The van der Waals surface area contributed by atoms with Crippen molar-refractivity contribution in [2.24, 2.45) is 11.3 Å². The highest BCUT2D eigenvalue weighted by molar-refractivity contribution is 6.30. The Morgan fingerprint density at radius 1 is 1.26 bits per heavy atom. The van der Waals surface area contributed by atoms with E-state index in [-0.39, 0.29) is 18.9 Å². The predicted molar refractivity (Wildman–Crippen MR) is 95.6 cm³/mol. The van der Waals surface area contributed by atoms with E-state index >= 15 is 0 Å². The van der Waals surface area contributed by atoms with Crippen molar-refractivity contribution in [2.75, 3.05) is 13.1 Å². The van der Waals surface area contributed by atoms with Crippen molar-refractivity contribution < 1.29 is 27.9 Å². The molecule has 1 amide bonds. The van der Waals surface area contributed by atoms with E-state index in [2.05, 4.69) is 0 Å². The number of benzene rings is 1.